The van der Waals surface area contributed by atoms with Crippen LogP contribution in [0.2, 0.25) is 0 Å². The molecule has 1 atom stereocenters. The highest BCUT2D eigenvalue weighted by atomic mass is 19.1. The van der Waals surface area contributed by atoms with Crippen LogP contribution in [-0.4, -0.2) is 31.3 Å². The van der Waals surface area contributed by atoms with Crippen LogP contribution >= 0.6 is 0 Å². The molecule has 0 spiro atoms. The Morgan fingerprint density at radius 3 is 2.36 bits per heavy atom. The Hall–Kier alpha value is -2.80. The van der Waals surface area contributed by atoms with E-state index in [4.69, 9.17) is 4.84 Å². The maximum atomic E-state index is 13.7. The van der Waals surface area contributed by atoms with Crippen LogP contribution in [0.1, 0.15) is 76.5 Å². The van der Waals surface area contributed by atoms with Crippen molar-refractivity contribution in [1.82, 2.24) is 10.6 Å². The fraction of sp³-hybridized carbons (Fsp3) is 0.517. The second-order valence-corrected chi connectivity index (χ2v) is 10.8. The van der Waals surface area contributed by atoms with Crippen LogP contribution in [0.5, 0.6) is 0 Å². The molecular formula is C29H39F2N3O2. The lowest BCUT2D eigenvalue weighted by Crippen LogP contribution is -2.47. The number of rotatable bonds is 9. The molecule has 7 heteroatoms. The van der Waals surface area contributed by atoms with Gasteiger partial charge in [-0.2, -0.15) is 0 Å². The molecule has 196 valence electrons. The fourth-order valence-electron chi connectivity index (χ4n) is 5.05. The topological polar surface area (TPSA) is 62.7 Å². The Kier molecular flexibility index (Phi) is 9.23. The van der Waals surface area contributed by atoms with Crippen molar-refractivity contribution in [2.24, 2.45) is 5.16 Å². The van der Waals surface area contributed by atoms with Crippen LogP contribution in [-0.2, 0) is 27.0 Å². The Bertz CT molecular complexity index is 1050. The highest BCUT2D eigenvalue weighted by Gasteiger charge is 2.36. The van der Waals surface area contributed by atoms with E-state index in [9.17, 15) is 13.6 Å². The summed E-state index contributed by atoms with van der Waals surface area (Å²) in [6.07, 6.45) is 4.40. The number of hydrogen-bond acceptors (Lipinski definition) is 4. The summed E-state index contributed by atoms with van der Waals surface area (Å²) >= 11 is 0. The molecule has 1 saturated carbocycles. The molecule has 0 aromatic heterocycles. The third-order valence-electron chi connectivity index (χ3n) is 6.95. The number of nitrogens with zero attached hydrogens (tertiary/aromatic N) is 1. The highest BCUT2D eigenvalue weighted by molar-refractivity contribution is 5.85. The van der Waals surface area contributed by atoms with E-state index in [1.165, 1.54) is 30.2 Å². The van der Waals surface area contributed by atoms with Crippen molar-refractivity contribution in [3.63, 3.8) is 0 Å². The monoisotopic (exact) mass is 499 g/mol. The molecule has 0 saturated heterocycles. The summed E-state index contributed by atoms with van der Waals surface area (Å²) in [5.41, 5.74) is 3.91. The largest absolute Gasteiger partial charge is 0.399 e. The van der Waals surface area contributed by atoms with Crippen molar-refractivity contribution in [3.8, 4) is 0 Å². The van der Waals surface area contributed by atoms with Crippen LogP contribution in [0.25, 0.3) is 0 Å². The summed E-state index contributed by atoms with van der Waals surface area (Å²) < 4.78 is 27.4. The van der Waals surface area contributed by atoms with Gasteiger partial charge in [0.25, 0.3) is 0 Å². The van der Waals surface area contributed by atoms with Gasteiger partial charge < -0.3 is 15.5 Å². The Morgan fingerprint density at radius 1 is 1.11 bits per heavy atom. The van der Waals surface area contributed by atoms with Gasteiger partial charge in [-0.3, -0.25) is 4.79 Å². The van der Waals surface area contributed by atoms with Crippen LogP contribution in [0.3, 0.4) is 0 Å². The number of nitrogens with one attached hydrogen (secondary N) is 2. The predicted octanol–water partition coefficient (Wildman–Crippen LogP) is 5.76. The molecule has 1 fully saturated rings. The van der Waals surface area contributed by atoms with Gasteiger partial charge in [0.1, 0.15) is 18.7 Å². The number of amides is 1. The van der Waals surface area contributed by atoms with Gasteiger partial charge in [0.05, 0.1) is 5.71 Å². The number of hydrogen-bond donors (Lipinski definition) is 2. The lowest BCUT2D eigenvalue weighted by atomic mass is 9.74. The van der Waals surface area contributed by atoms with E-state index in [2.05, 4.69) is 60.8 Å². The molecule has 0 aliphatic heterocycles. The van der Waals surface area contributed by atoms with E-state index in [-0.39, 0.29) is 22.9 Å². The van der Waals surface area contributed by atoms with Crippen molar-refractivity contribution in [2.45, 2.75) is 83.2 Å². The number of halogens is 2. The van der Waals surface area contributed by atoms with Crippen molar-refractivity contribution in [2.75, 3.05) is 13.7 Å². The lowest BCUT2D eigenvalue weighted by Gasteiger charge is -2.40. The molecule has 0 unspecified atom stereocenters. The fourth-order valence-corrected chi connectivity index (χ4v) is 5.05. The van der Waals surface area contributed by atoms with Gasteiger partial charge >= 0.3 is 0 Å². The minimum atomic E-state index is -0.613. The third kappa shape index (κ3) is 7.60. The van der Waals surface area contributed by atoms with Crippen LogP contribution in [0.4, 0.5) is 8.78 Å². The normalized spacial score (nSPS) is 19.0. The second kappa shape index (κ2) is 12.0. The zero-order chi connectivity index (χ0) is 26.3. The number of benzene rings is 2. The standard InChI is InChI=1S/C29H39F2N3O2/c1-20(35)33-27(17-21-15-24(30)19-25(31)16-21)11-14-32-29(12-9-26(10-13-29)34-36-5)23-8-6-7-22(18-23)28(2,3)4/h6-8,15-16,18-19,27,32H,9-14,17H2,1-5H3,(H,33,35)/t27-,29?/m1/s1. The van der Waals surface area contributed by atoms with E-state index in [0.717, 1.165) is 37.5 Å². The van der Waals surface area contributed by atoms with Gasteiger partial charge in [-0.1, -0.05) is 50.2 Å². The molecule has 2 aromatic rings. The summed E-state index contributed by atoms with van der Waals surface area (Å²) in [5.74, 6) is -1.39. The Balaban J connectivity index is 1.79. The maximum Gasteiger partial charge on any atom is 0.217 e. The zero-order valence-electron chi connectivity index (χ0n) is 22.1. The molecular weight excluding hydrogens is 460 g/mol. The number of carbonyl (C=O) groups excluding carboxylic acids is 1. The van der Waals surface area contributed by atoms with Gasteiger partial charge in [0.15, 0.2) is 0 Å². The summed E-state index contributed by atoms with van der Waals surface area (Å²) in [7, 11) is 1.58. The maximum absolute atomic E-state index is 13.7. The SMILES string of the molecule is CON=C1CCC(NCC[C@H](Cc2cc(F)cc(F)c2)NC(C)=O)(c2cccc(C(C)(C)C)c2)CC1. The first kappa shape index (κ1) is 27.8. The van der Waals surface area contributed by atoms with Gasteiger partial charge in [0.2, 0.25) is 5.91 Å². The van der Waals surface area contributed by atoms with E-state index in [1.807, 2.05) is 0 Å². The van der Waals surface area contributed by atoms with Gasteiger partial charge in [-0.15, -0.1) is 0 Å². The minimum Gasteiger partial charge on any atom is -0.399 e. The quantitative estimate of drug-likeness (QED) is 0.431. The average Bonchev–Trinajstić information content (AvgIpc) is 2.79. The van der Waals surface area contributed by atoms with Gasteiger partial charge in [-0.25, -0.2) is 8.78 Å². The molecule has 1 amide bonds. The molecule has 1 aliphatic rings. The van der Waals surface area contributed by atoms with E-state index in [1.54, 1.807) is 7.11 Å². The summed E-state index contributed by atoms with van der Waals surface area (Å²) in [5, 5.41) is 10.9. The predicted molar refractivity (Wildman–Crippen MR) is 140 cm³/mol. The summed E-state index contributed by atoms with van der Waals surface area (Å²) in [6, 6.07) is 12.0. The third-order valence-corrected chi connectivity index (χ3v) is 6.95. The molecule has 2 aromatic carbocycles. The zero-order valence-corrected chi connectivity index (χ0v) is 22.1. The Labute approximate surface area is 213 Å². The smallest absolute Gasteiger partial charge is 0.217 e. The van der Waals surface area contributed by atoms with E-state index < -0.39 is 11.6 Å². The summed E-state index contributed by atoms with van der Waals surface area (Å²) in [6.45, 7) is 8.74. The minimum absolute atomic E-state index is 0.0330. The van der Waals surface area contributed by atoms with E-state index in [0.29, 0.717) is 24.9 Å². The lowest BCUT2D eigenvalue weighted by molar-refractivity contribution is -0.119. The van der Waals surface area contributed by atoms with Crippen molar-refractivity contribution in [3.05, 3.63) is 70.8 Å². The molecule has 1 aliphatic carbocycles. The first-order valence-electron chi connectivity index (χ1n) is 12.7. The van der Waals surface area contributed by atoms with Crippen molar-refractivity contribution < 1.29 is 18.4 Å². The molecule has 0 bridgehead atoms. The van der Waals surface area contributed by atoms with Gasteiger partial charge in [-0.05, 0) is 79.3 Å². The molecule has 3 rings (SSSR count). The van der Waals surface area contributed by atoms with Crippen LogP contribution in [0, 0.1) is 11.6 Å². The summed E-state index contributed by atoms with van der Waals surface area (Å²) in [4.78, 5) is 16.9. The number of carbonyl (C=O) groups is 1. The number of oxime groups is 1. The van der Waals surface area contributed by atoms with Crippen LogP contribution in [0.15, 0.2) is 47.6 Å². The second-order valence-electron chi connectivity index (χ2n) is 10.8. The van der Waals surface area contributed by atoms with Gasteiger partial charge in [0, 0.05) is 24.6 Å². The first-order valence-corrected chi connectivity index (χ1v) is 12.7. The van der Waals surface area contributed by atoms with E-state index >= 15 is 0 Å². The molecule has 36 heavy (non-hydrogen) atoms. The average molecular weight is 500 g/mol. The van der Waals surface area contributed by atoms with Crippen molar-refractivity contribution in [1.29, 1.82) is 0 Å². The van der Waals surface area contributed by atoms with Crippen LogP contribution < -0.4 is 10.6 Å². The first-order chi connectivity index (χ1) is 17.0. The molecule has 0 heterocycles. The molecule has 2 N–H and O–H groups in total. The highest BCUT2D eigenvalue weighted by Crippen LogP contribution is 2.38. The molecule has 0 radical (unpaired) electrons. The Morgan fingerprint density at radius 2 is 1.78 bits per heavy atom. The molecule has 5 nitrogen and oxygen atoms in total. The van der Waals surface area contributed by atoms with Crippen molar-refractivity contribution >= 4 is 11.6 Å².